The van der Waals surface area contributed by atoms with Crippen molar-refractivity contribution < 1.29 is 0 Å². The van der Waals surface area contributed by atoms with Gasteiger partial charge >= 0.3 is 0 Å². The standard InChI is InChI=1S/C9H3Cl2N3/c10-8-2-7-6(9(11)14-8)1-5(3-12)4-13-7/h1-2,4H. The topological polar surface area (TPSA) is 49.6 Å². The second-order valence-electron chi connectivity index (χ2n) is 2.64. The van der Waals surface area contributed by atoms with Crippen LogP contribution in [0.15, 0.2) is 18.3 Å². The summed E-state index contributed by atoms with van der Waals surface area (Å²) in [5.41, 5.74) is 1.08. The van der Waals surface area contributed by atoms with Crippen molar-refractivity contribution in [2.75, 3.05) is 0 Å². The largest absolute Gasteiger partial charge is 0.255 e. The van der Waals surface area contributed by atoms with Crippen LogP contribution < -0.4 is 0 Å². The third kappa shape index (κ3) is 1.50. The molecule has 14 heavy (non-hydrogen) atoms. The Morgan fingerprint density at radius 3 is 2.79 bits per heavy atom. The predicted octanol–water partition coefficient (Wildman–Crippen LogP) is 2.81. The molecule has 5 heteroatoms. The molecule has 2 heterocycles. The Balaban J connectivity index is 2.84. The highest BCUT2D eigenvalue weighted by atomic mass is 35.5. The van der Waals surface area contributed by atoms with E-state index < -0.39 is 0 Å². The molecule has 0 atom stereocenters. The van der Waals surface area contributed by atoms with E-state index in [2.05, 4.69) is 9.97 Å². The molecule has 0 saturated heterocycles. The zero-order valence-corrected chi connectivity index (χ0v) is 8.34. The number of aromatic nitrogens is 2. The maximum Gasteiger partial charge on any atom is 0.140 e. The Morgan fingerprint density at radius 2 is 2.07 bits per heavy atom. The van der Waals surface area contributed by atoms with E-state index >= 15 is 0 Å². The first-order valence-electron chi connectivity index (χ1n) is 3.72. The molecule has 0 radical (unpaired) electrons. The van der Waals surface area contributed by atoms with Crippen LogP contribution in [-0.4, -0.2) is 9.97 Å². The quantitative estimate of drug-likeness (QED) is 0.646. The number of fused-ring (bicyclic) bond motifs is 1. The summed E-state index contributed by atoms with van der Waals surface area (Å²) >= 11 is 11.5. The van der Waals surface area contributed by atoms with Gasteiger partial charge in [-0.2, -0.15) is 5.26 Å². The van der Waals surface area contributed by atoms with E-state index in [1.807, 2.05) is 6.07 Å². The van der Waals surface area contributed by atoms with Crippen LogP contribution in [0, 0.1) is 11.3 Å². The lowest BCUT2D eigenvalue weighted by Gasteiger charge is -1.99. The first-order valence-corrected chi connectivity index (χ1v) is 4.48. The minimum Gasteiger partial charge on any atom is -0.255 e. The number of nitriles is 1. The van der Waals surface area contributed by atoms with Gasteiger partial charge in [-0.1, -0.05) is 23.2 Å². The Labute approximate surface area is 89.9 Å². The van der Waals surface area contributed by atoms with Crippen LogP contribution in [0.5, 0.6) is 0 Å². The number of nitrogens with zero attached hydrogens (tertiary/aromatic N) is 3. The highest BCUT2D eigenvalue weighted by Gasteiger charge is 2.04. The Morgan fingerprint density at radius 1 is 1.29 bits per heavy atom. The summed E-state index contributed by atoms with van der Waals surface area (Å²) < 4.78 is 0. The molecular weight excluding hydrogens is 221 g/mol. The Hall–Kier alpha value is -1.37. The molecule has 0 unspecified atom stereocenters. The molecule has 3 nitrogen and oxygen atoms in total. The average Bonchev–Trinajstić information content (AvgIpc) is 2.17. The van der Waals surface area contributed by atoms with Crippen LogP contribution in [0.1, 0.15) is 5.56 Å². The van der Waals surface area contributed by atoms with E-state index in [0.29, 0.717) is 21.6 Å². The fraction of sp³-hybridized carbons (Fsp3) is 0. The smallest absolute Gasteiger partial charge is 0.140 e. The van der Waals surface area contributed by atoms with Crippen LogP contribution in [-0.2, 0) is 0 Å². The van der Waals surface area contributed by atoms with Gasteiger partial charge in [-0.25, -0.2) is 4.98 Å². The fourth-order valence-corrected chi connectivity index (χ4v) is 1.59. The van der Waals surface area contributed by atoms with Crippen molar-refractivity contribution in [3.8, 4) is 6.07 Å². The van der Waals surface area contributed by atoms with Gasteiger partial charge < -0.3 is 0 Å². The molecule has 2 rings (SSSR count). The maximum atomic E-state index is 8.66. The molecule has 0 aromatic carbocycles. The van der Waals surface area contributed by atoms with Gasteiger partial charge in [-0.15, -0.1) is 0 Å². The van der Waals surface area contributed by atoms with Gasteiger partial charge in [0.15, 0.2) is 0 Å². The lowest BCUT2D eigenvalue weighted by molar-refractivity contribution is 1.31. The molecule has 0 saturated carbocycles. The van der Waals surface area contributed by atoms with Crippen molar-refractivity contribution in [2.45, 2.75) is 0 Å². The normalized spacial score (nSPS) is 10.1. The van der Waals surface area contributed by atoms with Crippen LogP contribution in [0.25, 0.3) is 10.9 Å². The van der Waals surface area contributed by atoms with Gasteiger partial charge in [0.05, 0.1) is 11.1 Å². The summed E-state index contributed by atoms with van der Waals surface area (Å²) in [5, 5.41) is 9.85. The highest BCUT2D eigenvalue weighted by molar-refractivity contribution is 6.36. The van der Waals surface area contributed by atoms with Crippen molar-refractivity contribution in [1.29, 1.82) is 5.26 Å². The van der Waals surface area contributed by atoms with E-state index in [0.717, 1.165) is 0 Å². The van der Waals surface area contributed by atoms with E-state index in [4.69, 9.17) is 28.5 Å². The Bertz CT molecular complexity index is 545. The number of hydrogen-bond acceptors (Lipinski definition) is 3. The summed E-state index contributed by atoms with van der Waals surface area (Å²) in [5.74, 6) is 0. The summed E-state index contributed by atoms with van der Waals surface area (Å²) in [6.45, 7) is 0. The Kier molecular flexibility index (Phi) is 2.24. The highest BCUT2D eigenvalue weighted by Crippen LogP contribution is 2.23. The molecule has 0 amide bonds. The molecule has 2 aromatic heterocycles. The molecule has 0 N–H and O–H groups in total. The average molecular weight is 224 g/mol. The third-order valence-electron chi connectivity index (χ3n) is 1.73. The molecule has 0 spiro atoms. The van der Waals surface area contributed by atoms with Crippen LogP contribution in [0.3, 0.4) is 0 Å². The van der Waals surface area contributed by atoms with Gasteiger partial charge in [0.2, 0.25) is 0 Å². The van der Waals surface area contributed by atoms with Gasteiger partial charge in [-0.05, 0) is 6.07 Å². The second kappa shape index (κ2) is 3.41. The van der Waals surface area contributed by atoms with Gasteiger partial charge in [0.1, 0.15) is 16.4 Å². The summed E-state index contributed by atoms with van der Waals surface area (Å²) in [6.07, 6.45) is 1.47. The van der Waals surface area contributed by atoms with Gasteiger partial charge in [-0.3, -0.25) is 4.98 Å². The second-order valence-corrected chi connectivity index (χ2v) is 3.38. The zero-order valence-electron chi connectivity index (χ0n) is 6.83. The van der Waals surface area contributed by atoms with Gasteiger partial charge in [0, 0.05) is 17.6 Å². The summed E-state index contributed by atoms with van der Waals surface area (Å²) in [6, 6.07) is 5.21. The summed E-state index contributed by atoms with van der Waals surface area (Å²) in [7, 11) is 0. The van der Waals surface area contributed by atoms with Crippen molar-refractivity contribution in [1.82, 2.24) is 9.97 Å². The van der Waals surface area contributed by atoms with E-state index in [9.17, 15) is 0 Å². The lowest BCUT2D eigenvalue weighted by Crippen LogP contribution is -1.86. The zero-order chi connectivity index (χ0) is 10.1. The molecule has 68 valence electrons. The van der Waals surface area contributed by atoms with Gasteiger partial charge in [0.25, 0.3) is 0 Å². The van der Waals surface area contributed by atoms with E-state index in [1.54, 1.807) is 12.1 Å². The monoisotopic (exact) mass is 223 g/mol. The maximum absolute atomic E-state index is 8.66. The molecule has 0 fully saturated rings. The number of rotatable bonds is 0. The lowest BCUT2D eigenvalue weighted by atomic mass is 10.2. The summed E-state index contributed by atoms with van der Waals surface area (Å²) in [4.78, 5) is 7.90. The van der Waals surface area contributed by atoms with Crippen LogP contribution in [0.4, 0.5) is 0 Å². The van der Waals surface area contributed by atoms with E-state index in [-0.39, 0.29) is 5.15 Å². The molecule has 0 bridgehead atoms. The third-order valence-corrected chi connectivity index (χ3v) is 2.21. The van der Waals surface area contributed by atoms with Crippen LogP contribution in [0.2, 0.25) is 10.3 Å². The first-order chi connectivity index (χ1) is 6.70. The first kappa shape index (κ1) is 9.20. The number of halogens is 2. The van der Waals surface area contributed by atoms with E-state index in [1.165, 1.54) is 6.20 Å². The SMILES string of the molecule is N#Cc1cnc2cc(Cl)nc(Cl)c2c1. The molecule has 0 aliphatic carbocycles. The van der Waals surface area contributed by atoms with Crippen molar-refractivity contribution in [3.63, 3.8) is 0 Å². The van der Waals surface area contributed by atoms with Crippen molar-refractivity contribution in [3.05, 3.63) is 34.2 Å². The minimum atomic E-state index is 0.261. The van der Waals surface area contributed by atoms with Crippen LogP contribution >= 0.6 is 23.2 Å². The molecule has 2 aromatic rings. The number of hydrogen-bond donors (Lipinski definition) is 0. The van der Waals surface area contributed by atoms with Crippen molar-refractivity contribution in [2.24, 2.45) is 0 Å². The predicted molar refractivity (Wildman–Crippen MR) is 54.3 cm³/mol. The molecule has 0 aliphatic rings. The minimum absolute atomic E-state index is 0.261. The van der Waals surface area contributed by atoms with Crippen molar-refractivity contribution >= 4 is 34.1 Å². The number of pyridine rings is 2. The molecule has 0 aliphatic heterocycles. The fourth-order valence-electron chi connectivity index (χ4n) is 1.12. The molecular formula is C9H3Cl2N3.